The highest BCUT2D eigenvalue weighted by atomic mass is 28.3. The van der Waals surface area contributed by atoms with Crippen LogP contribution in [0.4, 0.5) is 0 Å². The number of rotatable bonds is 6. The van der Waals surface area contributed by atoms with Gasteiger partial charge in [0.05, 0.1) is 0 Å². The summed E-state index contributed by atoms with van der Waals surface area (Å²) in [6.07, 6.45) is 0. The first-order chi connectivity index (χ1) is 23.7. The van der Waals surface area contributed by atoms with Gasteiger partial charge >= 0.3 is 0 Å². The van der Waals surface area contributed by atoms with Crippen LogP contribution in [0.2, 0.25) is 33.2 Å². The van der Waals surface area contributed by atoms with Crippen molar-refractivity contribution >= 4 is 80.8 Å². The van der Waals surface area contributed by atoms with Crippen LogP contribution in [0.3, 0.4) is 0 Å². The van der Waals surface area contributed by atoms with E-state index in [2.05, 4.69) is 179 Å². The molecule has 0 aliphatic carbocycles. The first-order valence-electron chi connectivity index (χ1n) is 19.1. The van der Waals surface area contributed by atoms with Gasteiger partial charge in [0.25, 0.3) is 0 Å². The Kier molecular flexibility index (Phi) is 8.61. The number of benzene rings is 5. The Hall–Kier alpha value is -3.83. The van der Waals surface area contributed by atoms with E-state index in [0.29, 0.717) is 33.2 Å². The summed E-state index contributed by atoms with van der Waals surface area (Å²) in [5, 5.41) is 16.3. The smallest absolute Gasteiger partial charge is 0.125 e. The minimum Gasteiger partial charge on any atom is -0.125 e. The Morgan fingerprint density at radius 1 is 0.340 bits per heavy atom. The molecule has 50 heavy (non-hydrogen) atoms. The number of hydrogen-bond acceptors (Lipinski definition) is 0. The van der Waals surface area contributed by atoms with E-state index in [1.165, 1.54) is 64.6 Å². The van der Waals surface area contributed by atoms with Crippen LogP contribution < -0.4 is 0 Å². The summed E-state index contributed by atoms with van der Waals surface area (Å²) in [7, 11) is -3.65. The fourth-order valence-corrected chi connectivity index (χ4v) is 21.1. The predicted molar refractivity (Wildman–Crippen MR) is 230 cm³/mol. The summed E-state index contributed by atoms with van der Waals surface area (Å²) in [5.41, 5.74) is 13.9. The third-order valence-electron chi connectivity index (χ3n) is 12.9. The van der Waals surface area contributed by atoms with Gasteiger partial charge in [-0.05, 0) is 122 Å². The standard InChI is InChI=1S/C48H54Si2/c1-29(2)49(30(3)4,31(5)6)25-23-35-19-21-39-43(27-35)37-15-13-17-41-45(37)47(39)42-18-14-16-38-44-28-36(20-22-40(44)48(41)46(38)42)24-26-50(32(7)8,33(9)10)34(11)12/h13-22,27-34H,1-12H3. The van der Waals surface area contributed by atoms with E-state index in [4.69, 9.17) is 0 Å². The second kappa shape index (κ2) is 12.4. The van der Waals surface area contributed by atoms with E-state index in [1.54, 1.807) is 0 Å². The monoisotopic (exact) mass is 686 g/mol. The van der Waals surface area contributed by atoms with Gasteiger partial charge in [0.1, 0.15) is 16.1 Å². The Morgan fingerprint density at radius 2 is 0.620 bits per heavy atom. The molecule has 0 unspecified atom stereocenters. The normalized spacial score (nSPS) is 13.2. The molecule has 0 bridgehead atoms. The van der Waals surface area contributed by atoms with Crippen molar-refractivity contribution in [3.63, 3.8) is 0 Å². The molecule has 0 saturated heterocycles. The SMILES string of the molecule is CC(C)[Si](C#Cc1ccc2c(c1)c1cccc3c1c2c1cccc2c4cc(C#C[Si](C(C)C)(C(C)C)C(C)C)ccc4c3c21)(C(C)C)C(C)C. The number of hydrogen-bond donors (Lipinski definition) is 0. The molecule has 0 fully saturated rings. The van der Waals surface area contributed by atoms with E-state index in [-0.39, 0.29) is 0 Å². The summed E-state index contributed by atoms with van der Waals surface area (Å²) >= 11 is 0. The molecular weight excluding hydrogens is 633 g/mol. The lowest BCUT2D eigenvalue weighted by Gasteiger charge is -2.38. The highest BCUT2D eigenvalue weighted by Crippen LogP contribution is 2.50. The third kappa shape index (κ3) is 4.86. The minimum absolute atomic E-state index is 0.619. The maximum Gasteiger partial charge on any atom is 0.146 e. The first kappa shape index (κ1) is 34.6. The largest absolute Gasteiger partial charge is 0.146 e. The molecule has 0 aliphatic heterocycles. The van der Waals surface area contributed by atoms with E-state index >= 15 is 0 Å². The zero-order chi connectivity index (χ0) is 35.9. The lowest BCUT2D eigenvalue weighted by atomic mass is 9.95. The molecule has 0 heterocycles. The summed E-state index contributed by atoms with van der Waals surface area (Å²) in [4.78, 5) is 0. The van der Waals surface area contributed by atoms with Crippen LogP contribution in [-0.4, -0.2) is 16.1 Å². The minimum atomic E-state index is -1.83. The molecule has 7 aromatic carbocycles. The summed E-state index contributed by atoms with van der Waals surface area (Å²) < 4.78 is 0. The van der Waals surface area contributed by atoms with E-state index in [0.717, 1.165) is 11.1 Å². The van der Waals surface area contributed by atoms with Crippen LogP contribution in [0.1, 0.15) is 94.2 Å². The van der Waals surface area contributed by atoms with Gasteiger partial charge in [0.15, 0.2) is 0 Å². The Balaban J connectivity index is 1.47. The lowest BCUT2D eigenvalue weighted by Crippen LogP contribution is -2.43. The molecule has 7 rings (SSSR count). The first-order valence-corrected chi connectivity index (χ1v) is 23.6. The van der Waals surface area contributed by atoms with E-state index in [1.807, 2.05) is 0 Å². The van der Waals surface area contributed by atoms with Crippen LogP contribution >= 0.6 is 0 Å². The Bertz CT molecular complexity index is 2300. The molecule has 0 radical (unpaired) electrons. The zero-order valence-corrected chi connectivity index (χ0v) is 34.4. The maximum atomic E-state index is 3.97. The zero-order valence-electron chi connectivity index (χ0n) is 32.4. The van der Waals surface area contributed by atoms with Gasteiger partial charge < -0.3 is 0 Å². The van der Waals surface area contributed by atoms with Gasteiger partial charge in [-0.1, -0.05) is 143 Å². The third-order valence-corrected chi connectivity index (χ3v) is 25.5. The van der Waals surface area contributed by atoms with Crippen molar-refractivity contribution in [2.75, 3.05) is 0 Å². The Labute approximate surface area is 302 Å². The van der Waals surface area contributed by atoms with Crippen LogP contribution in [0, 0.1) is 22.9 Å². The molecule has 0 N–H and O–H groups in total. The van der Waals surface area contributed by atoms with Gasteiger partial charge in [-0.2, -0.15) is 0 Å². The molecule has 0 spiro atoms. The van der Waals surface area contributed by atoms with Crippen molar-refractivity contribution in [2.45, 2.75) is 116 Å². The van der Waals surface area contributed by atoms with Crippen molar-refractivity contribution in [1.29, 1.82) is 0 Å². The molecule has 0 nitrogen and oxygen atoms in total. The fourth-order valence-electron chi connectivity index (χ4n) is 10.7. The fraction of sp³-hybridized carbons (Fsp3) is 0.375. The average Bonchev–Trinajstić information content (AvgIpc) is 3.57. The van der Waals surface area contributed by atoms with Gasteiger partial charge in [-0.25, -0.2) is 0 Å². The molecular formula is C48H54Si2. The topological polar surface area (TPSA) is 0 Å². The van der Waals surface area contributed by atoms with Crippen molar-refractivity contribution in [3.05, 3.63) is 83.9 Å². The average molecular weight is 687 g/mol. The van der Waals surface area contributed by atoms with Crippen molar-refractivity contribution in [3.8, 4) is 22.9 Å². The van der Waals surface area contributed by atoms with Gasteiger partial charge in [0.2, 0.25) is 0 Å². The summed E-state index contributed by atoms with van der Waals surface area (Å²) in [6, 6.07) is 27.9. The molecule has 7 aromatic rings. The van der Waals surface area contributed by atoms with Gasteiger partial charge in [-0.3, -0.25) is 0 Å². The highest BCUT2D eigenvalue weighted by Gasteiger charge is 2.42. The highest BCUT2D eigenvalue weighted by molar-refractivity contribution is 6.91. The van der Waals surface area contributed by atoms with Crippen molar-refractivity contribution < 1.29 is 0 Å². The maximum absolute atomic E-state index is 3.97. The molecule has 0 aliphatic rings. The molecule has 254 valence electrons. The molecule has 0 atom stereocenters. The molecule has 0 aromatic heterocycles. The lowest BCUT2D eigenvalue weighted by molar-refractivity contribution is 0.838. The summed E-state index contributed by atoms with van der Waals surface area (Å²) in [6.45, 7) is 28.7. The molecule has 2 heteroatoms. The van der Waals surface area contributed by atoms with Gasteiger partial charge in [0, 0.05) is 11.1 Å². The summed E-state index contributed by atoms with van der Waals surface area (Å²) in [5.74, 6) is 7.49. The van der Waals surface area contributed by atoms with Crippen LogP contribution in [-0.2, 0) is 0 Å². The van der Waals surface area contributed by atoms with Crippen molar-refractivity contribution in [2.24, 2.45) is 0 Å². The van der Waals surface area contributed by atoms with Crippen LogP contribution in [0.25, 0.3) is 64.6 Å². The van der Waals surface area contributed by atoms with Crippen molar-refractivity contribution in [1.82, 2.24) is 0 Å². The van der Waals surface area contributed by atoms with Gasteiger partial charge in [-0.15, -0.1) is 11.1 Å². The quantitative estimate of drug-likeness (QED) is 0.0928. The molecule has 0 saturated carbocycles. The molecule has 0 amide bonds. The predicted octanol–water partition coefficient (Wildman–Crippen LogP) is 14.6. The van der Waals surface area contributed by atoms with E-state index in [9.17, 15) is 0 Å². The van der Waals surface area contributed by atoms with Crippen LogP contribution in [0.15, 0.2) is 72.8 Å². The van der Waals surface area contributed by atoms with Crippen LogP contribution in [0.5, 0.6) is 0 Å². The second-order valence-corrected chi connectivity index (χ2v) is 28.2. The van der Waals surface area contributed by atoms with E-state index < -0.39 is 16.1 Å². The second-order valence-electron chi connectivity index (χ2n) is 17.0. The number of fused-ring (bicyclic) bond motifs is 8. The Morgan fingerprint density at radius 3 is 0.920 bits per heavy atom.